The Morgan fingerprint density at radius 2 is 2.33 bits per heavy atom. The molecule has 1 aromatic carbocycles. The van der Waals surface area contributed by atoms with E-state index in [1.807, 2.05) is 6.92 Å². The molecule has 0 aliphatic rings. The summed E-state index contributed by atoms with van der Waals surface area (Å²) in [4.78, 5) is 4.28. The van der Waals surface area contributed by atoms with Crippen LogP contribution in [0.4, 0.5) is 4.39 Å². The number of hydrogen-bond acceptors (Lipinski definition) is 3. The quantitative estimate of drug-likeness (QED) is 0.842. The highest BCUT2D eigenvalue weighted by molar-refractivity contribution is 5.72. The molecule has 0 saturated carbocycles. The second-order valence-electron chi connectivity index (χ2n) is 3.64. The van der Waals surface area contributed by atoms with Crippen LogP contribution >= 0.6 is 0 Å². The van der Waals surface area contributed by atoms with Crippen LogP contribution in [0.5, 0.6) is 0 Å². The molecule has 0 spiro atoms. The van der Waals surface area contributed by atoms with Gasteiger partial charge in [-0.15, -0.1) is 0 Å². The van der Waals surface area contributed by atoms with Crippen molar-refractivity contribution in [2.45, 2.75) is 19.3 Å². The smallest absolute Gasteiger partial charge is 0.198 e. The first-order valence-corrected chi connectivity index (χ1v) is 4.96. The van der Waals surface area contributed by atoms with E-state index in [0.29, 0.717) is 23.5 Å². The minimum absolute atomic E-state index is 0.172. The number of oxazole rings is 1. The van der Waals surface area contributed by atoms with Gasteiger partial charge in [-0.1, -0.05) is 6.92 Å². The fourth-order valence-electron chi connectivity index (χ4n) is 1.50. The van der Waals surface area contributed by atoms with E-state index in [1.165, 1.54) is 12.1 Å². The Hall–Kier alpha value is -1.42. The normalized spacial score (nSPS) is 13.3. The highest BCUT2D eigenvalue weighted by Gasteiger charge is 2.12. The van der Waals surface area contributed by atoms with Crippen molar-refractivity contribution in [3.05, 3.63) is 29.9 Å². The number of rotatable bonds is 3. The number of hydrogen-bond donors (Lipinski definition) is 1. The van der Waals surface area contributed by atoms with Gasteiger partial charge in [0.1, 0.15) is 11.3 Å². The predicted octanol–water partition coefficient (Wildman–Crippen LogP) is 2.42. The average Bonchev–Trinajstić information content (AvgIpc) is 2.60. The summed E-state index contributed by atoms with van der Waals surface area (Å²) >= 11 is 0. The zero-order valence-corrected chi connectivity index (χ0v) is 8.53. The molecular formula is C11H13FN2O. The van der Waals surface area contributed by atoms with Crippen molar-refractivity contribution in [2.24, 2.45) is 5.73 Å². The van der Waals surface area contributed by atoms with Crippen molar-refractivity contribution in [1.82, 2.24) is 4.98 Å². The summed E-state index contributed by atoms with van der Waals surface area (Å²) in [5.41, 5.74) is 6.64. The van der Waals surface area contributed by atoms with E-state index >= 15 is 0 Å². The van der Waals surface area contributed by atoms with Crippen molar-refractivity contribution in [3.8, 4) is 0 Å². The molecule has 0 radical (unpaired) electrons. The van der Waals surface area contributed by atoms with Crippen LogP contribution < -0.4 is 5.73 Å². The van der Waals surface area contributed by atoms with Gasteiger partial charge in [-0.05, 0) is 25.1 Å². The third kappa shape index (κ3) is 1.99. The molecule has 80 valence electrons. The lowest BCUT2D eigenvalue weighted by atomic mass is 10.1. The molecule has 2 aromatic rings. The molecule has 0 bridgehead atoms. The van der Waals surface area contributed by atoms with Gasteiger partial charge >= 0.3 is 0 Å². The first-order chi connectivity index (χ1) is 7.20. The van der Waals surface area contributed by atoms with Gasteiger partial charge in [-0.25, -0.2) is 9.37 Å². The average molecular weight is 208 g/mol. The lowest BCUT2D eigenvalue weighted by molar-refractivity contribution is 0.472. The molecule has 0 amide bonds. The second-order valence-corrected chi connectivity index (χ2v) is 3.64. The van der Waals surface area contributed by atoms with E-state index in [4.69, 9.17) is 10.2 Å². The molecule has 1 aromatic heterocycles. The van der Waals surface area contributed by atoms with E-state index in [2.05, 4.69) is 4.98 Å². The van der Waals surface area contributed by atoms with Crippen LogP contribution in [0.3, 0.4) is 0 Å². The predicted molar refractivity (Wildman–Crippen MR) is 56.1 cm³/mol. The zero-order chi connectivity index (χ0) is 10.8. The van der Waals surface area contributed by atoms with Crippen LogP contribution in [0.1, 0.15) is 25.2 Å². The van der Waals surface area contributed by atoms with Crippen molar-refractivity contribution < 1.29 is 8.81 Å². The lowest BCUT2D eigenvalue weighted by Gasteiger charge is -2.02. The van der Waals surface area contributed by atoms with Gasteiger partial charge in [0.05, 0.1) is 0 Å². The third-order valence-corrected chi connectivity index (χ3v) is 2.39. The van der Waals surface area contributed by atoms with Crippen LogP contribution in [0, 0.1) is 5.82 Å². The highest BCUT2D eigenvalue weighted by atomic mass is 19.1. The van der Waals surface area contributed by atoms with Crippen molar-refractivity contribution in [1.29, 1.82) is 0 Å². The summed E-state index contributed by atoms with van der Waals surface area (Å²) in [7, 11) is 0. The summed E-state index contributed by atoms with van der Waals surface area (Å²) in [6, 6.07) is 4.34. The molecule has 1 unspecified atom stereocenters. The fraction of sp³-hybridized carbons (Fsp3) is 0.364. The standard InChI is InChI=1S/C11H13FN2O/c1-7(4-5-13)11-14-9-3-2-8(12)6-10(9)15-11/h2-3,6-7H,4-5,13H2,1H3. The summed E-state index contributed by atoms with van der Waals surface area (Å²) < 4.78 is 18.3. The summed E-state index contributed by atoms with van der Waals surface area (Å²) in [6.45, 7) is 2.59. The number of nitrogens with two attached hydrogens (primary N) is 1. The monoisotopic (exact) mass is 208 g/mol. The Morgan fingerprint density at radius 1 is 1.53 bits per heavy atom. The summed E-state index contributed by atoms with van der Waals surface area (Å²) in [6.07, 6.45) is 0.815. The minimum atomic E-state index is -0.309. The van der Waals surface area contributed by atoms with E-state index in [-0.39, 0.29) is 11.7 Å². The molecule has 1 heterocycles. The minimum Gasteiger partial charge on any atom is -0.440 e. The molecule has 0 saturated heterocycles. The Morgan fingerprint density at radius 3 is 3.07 bits per heavy atom. The Balaban J connectivity index is 2.38. The Bertz CT molecular complexity index is 467. The largest absolute Gasteiger partial charge is 0.440 e. The van der Waals surface area contributed by atoms with E-state index in [1.54, 1.807) is 6.07 Å². The zero-order valence-electron chi connectivity index (χ0n) is 8.53. The van der Waals surface area contributed by atoms with Crippen LogP contribution in [0.15, 0.2) is 22.6 Å². The van der Waals surface area contributed by atoms with Crippen molar-refractivity contribution >= 4 is 11.1 Å². The van der Waals surface area contributed by atoms with Crippen LogP contribution in [0.2, 0.25) is 0 Å². The van der Waals surface area contributed by atoms with Gasteiger partial charge in [0.25, 0.3) is 0 Å². The second kappa shape index (κ2) is 3.98. The van der Waals surface area contributed by atoms with Gasteiger partial charge in [0.2, 0.25) is 0 Å². The molecule has 0 fully saturated rings. The highest BCUT2D eigenvalue weighted by Crippen LogP contribution is 2.23. The van der Waals surface area contributed by atoms with Crippen molar-refractivity contribution in [2.75, 3.05) is 6.54 Å². The van der Waals surface area contributed by atoms with Crippen LogP contribution in [-0.4, -0.2) is 11.5 Å². The fourth-order valence-corrected chi connectivity index (χ4v) is 1.50. The van der Waals surface area contributed by atoms with Crippen LogP contribution in [-0.2, 0) is 0 Å². The number of aromatic nitrogens is 1. The topological polar surface area (TPSA) is 52.0 Å². The van der Waals surface area contributed by atoms with Crippen molar-refractivity contribution in [3.63, 3.8) is 0 Å². The van der Waals surface area contributed by atoms with E-state index in [9.17, 15) is 4.39 Å². The molecule has 3 nitrogen and oxygen atoms in total. The molecule has 0 aliphatic carbocycles. The maximum Gasteiger partial charge on any atom is 0.198 e. The van der Waals surface area contributed by atoms with Gasteiger partial charge in [0, 0.05) is 12.0 Å². The molecule has 2 rings (SSSR count). The van der Waals surface area contributed by atoms with Gasteiger partial charge in [-0.2, -0.15) is 0 Å². The maximum absolute atomic E-state index is 12.9. The number of fused-ring (bicyclic) bond motifs is 1. The Labute approximate surface area is 87.1 Å². The first-order valence-electron chi connectivity index (χ1n) is 4.96. The first kappa shape index (κ1) is 10.1. The van der Waals surface area contributed by atoms with Crippen LogP contribution in [0.25, 0.3) is 11.1 Å². The molecule has 15 heavy (non-hydrogen) atoms. The van der Waals surface area contributed by atoms with E-state index in [0.717, 1.165) is 6.42 Å². The SMILES string of the molecule is CC(CCN)c1nc2ccc(F)cc2o1. The van der Waals surface area contributed by atoms with Gasteiger partial charge in [-0.3, -0.25) is 0 Å². The maximum atomic E-state index is 12.9. The number of halogens is 1. The molecule has 2 N–H and O–H groups in total. The molecule has 4 heteroatoms. The summed E-state index contributed by atoms with van der Waals surface area (Å²) in [5.74, 6) is 0.489. The van der Waals surface area contributed by atoms with Gasteiger partial charge < -0.3 is 10.2 Å². The molecule has 1 atom stereocenters. The number of nitrogens with zero attached hydrogens (tertiary/aromatic N) is 1. The Kier molecular flexibility index (Phi) is 2.68. The van der Waals surface area contributed by atoms with Gasteiger partial charge in [0.15, 0.2) is 11.5 Å². The van der Waals surface area contributed by atoms with E-state index < -0.39 is 0 Å². The molecular weight excluding hydrogens is 195 g/mol. The molecule has 0 aliphatic heterocycles. The summed E-state index contributed by atoms with van der Waals surface area (Å²) in [5, 5.41) is 0. The lowest BCUT2D eigenvalue weighted by Crippen LogP contribution is -2.04. The third-order valence-electron chi connectivity index (χ3n) is 2.39. The number of benzene rings is 1.